The van der Waals surface area contributed by atoms with Gasteiger partial charge >= 0.3 is 5.97 Å². The molecular weight excluding hydrogens is 480 g/mol. The lowest BCUT2D eigenvalue weighted by Gasteiger charge is -2.41. The highest BCUT2D eigenvalue weighted by Gasteiger charge is 2.46. The van der Waals surface area contributed by atoms with Gasteiger partial charge in [-0.2, -0.15) is 5.10 Å². The molecule has 1 saturated carbocycles. The van der Waals surface area contributed by atoms with Crippen LogP contribution in [0.15, 0.2) is 18.3 Å². The predicted molar refractivity (Wildman–Crippen MR) is 141 cm³/mol. The number of carbonyl (C=O) groups is 1. The fraction of sp³-hybridized carbons (Fsp3) is 0.760. The number of hydrogen-bond donors (Lipinski definition) is 2. The summed E-state index contributed by atoms with van der Waals surface area (Å²) in [6.07, 6.45) is 6.82. The number of anilines is 1. The van der Waals surface area contributed by atoms with Crippen LogP contribution in [-0.2, 0) is 28.5 Å². The van der Waals surface area contributed by atoms with Crippen LogP contribution in [0.2, 0.25) is 25.7 Å². The molecule has 204 valence electrons. The molecule has 11 heteroatoms. The normalized spacial score (nSPS) is 24.0. The molecule has 2 heterocycles. The number of hydrogen-bond acceptors (Lipinski definition) is 9. The summed E-state index contributed by atoms with van der Waals surface area (Å²) in [5.41, 5.74) is -0.936. The van der Waals surface area contributed by atoms with E-state index in [1.165, 1.54) is 0 Å². The molecule has 0 amide bonds. The van der Waals surface area contributed by atoms with Crippen LogP contribution >= 0.6 is 0 Å². The standard InChI is InChI=1S/C25H44N4O6Si/c1-31-12-14-34-24(30)25(35-15-13-32-2)9-6-20(7-10-25)21-18-23(29-22(28-21)8-11-27-29)26-19-33-16-17-36(3,4)5/h8,11,18,20-21,26,28H,6-7,9-10,12-17,19H2,1-5H3. The van der Waals surface area contributed by atoms with Crippen LogP contribution < -0.4 is 10.6 Å². The zero-order valence-corrected chi connectivity index (χ0v) is 23.5. The Morgan fingerprint density at radius 3 is 2.56 bits per heavy atom. The summed E-state index contributed by atoms with van der Waals surface area (Å²) in [7, 11) is 2.09. The van der Waals surface area contributed by atoms with Crippen molar-refractivity contribution in [3.8, 4) is 0 Å². The lowest BCUT2D eigenvalue weighted by atomic mass is 9.75. The molecule has 2 aliphatic rings. The van der Waals surface area contributed by atoms with Crippen LogP contribution in [0.5, 0.6) is 0 Å². The van der Waals surface area contributed by atoms with E-state index in [1.807, 2.05) is 10.7 Å². The zero-order valence-electron chi connectivity index (χ0n) is 22.5. The topological polar surface area (TPSA) is 105 Å². The van der Waals surface area contributed by atoms with E-state index in [0.29, 0.717) is 45.3 Å². The van der Waals surface area contributed by atoms with Crippen LogP contribution in [0.25, 0.3) is 5.82 Å². The molecule has 1 unspecified atom stereocenters. The van der Waals surface area contributed by atoms with Crippen molar-refractivity contribution < 1.29 is 28.5 Å². The maximum atomic E-state index is 13.0. The lowest BCUT2D eigenvalue weighted by Crippen LogP contribution is -2.49. The minimum Gasteiger partial charge on any atom is -0.461 e. The molecule has 1 aliphatic carbocycles. The summed E-state index contributed by atoms with van der Waals surface area (Å²) in [5.74, 6) is 1.89. The molecule has 3 rings (SSSR count). The predicted octanol–water partition coefficient (Wildman–Crippen LogP) is 3.16. The van der Waals surface area contributed by atoms with Gasteiger partial charge in [0.2, 0.25) is 0 Å². The van der Waals surface area contributed by atoms with Crippen molar-refractivity contribution in [3.05, 3.63) is 18.3 Å². The van der Waals surface area contributed by atoms with E-state index in [-0.39, 0.29) is 18.6 Å². The first kappa shape index (κ1) is 28.6. The Morgan fingerprint density at radius 1 is 1.14 bits per heavy atom. The van der Waals surface area contributed by atoms with Crippen molar-refractivity contribution in [1.82, 2.24) is 15.1 Å². The van der Waals surface area contributed by atoms with Crippen molar-refractivity contribution in [2.45, 2.75) is 63.0 Å². The number of esters is 1. The van der Waals surface area contributed by atoms with Gasteiger partial charge in [0.05, 0.1) is 32.1 Å². The van der Waals surface area contributed by atoms with Crippen molar-refractivity contribution in [2.75, 3.05) is 59.3 Å². The van der Waals surface area contributed by atoms with Gasteiger partial charge in [-0.3, -0.25) is 0 Å². The van der Waals surface area contributed by atoms with Crippen molar-refractivity contribution in [1.29, 1.82) is 0 Å². The maximum Gasteiger partial charge on any atom is 0.338 e. The second-order valence-electron chi connectivity index (χ2n) is 10.7. The Labute approximate surface area is 216 Å². The Bertz CT molecular complexity index is 848. The zero-order chi connectivity index (χ0) is 26.0. The van der Waals surface area contributed by atoms with Crippen LogP contribution in [-0.4, -0.2) is 89.5 Å². The molecule has 1 aromatic heterocycles. The van der Waals surface area contributed by atoms with E-state index in [2.05, 4.69) is 41.4 Å². The molecule has 0 radical (unpaired) electrons. The Kier molecular flexibility index (Phi) is 10.8. The summed E-state index contributed by atoms with van der Waals surface area (Å²) in [5, 5.41) is 11.5. The molecule has 2 N–H and O–H groups in total. The number of nitrogens with one attached hydrogen (secondary N) is 2. The summed E-state index contributed by atoms with van der Waals surface area (Å²) in [6.45, 7) is 9.62. The van der Waals surface area contributed by atoms with Crippen LogP contribution in [0, 0.1) is 5.92 Å². The lowest BCUT2D eigenvalue weighted by molar-refractivity contribution is -0.181. The Balaban J connectivity index is 1.61. The second-order valence-corrected chi connectivity index (χ2v) is 16.3. The number of nitrogens with zero attached hydrogens (tertiary/aromatic N) is 2. The average molecular weight is 525 g/mol. The highest BCUT2D eigenvalue weighted by atomic mass is 28.3. The van der Waals surface area contributed by atoms with Gasteiger partial charge in [0.25, 0.3) is 0 Å². The number of rotatable bonds is 15. The highest BCUT2D eigenvalue weighted by molar-refractivity contribution is 6.76. The SMILES string of the molecule is COCCOC(=O)C1(OCCOC)CCC(C2C=C(NCOCC[Si](C)(C)C)n3nccc3N2)CC1. The summed E-state index contributed by atoms with van der Waals surface area (Å²) >= 11 is 0. The highest BCUT2D eigenvalue weighted by Crippen LogP contribution is 2.39. The van der Waals surface area contributed by atoms with Crippen molar-refractivity contribution in [3.63, 3.8) is 0 Å². The van der Waals surface area contributed by atoms with E-state index in [9.17, 15) is 4.79 Å². The third-order valence-corrected chi connectivity index (χ3v) is 8.48. The van der Waals surface area contributed by atoms with Crippen molar-refractivity contribution >= 4 is 25.7 Å². The maximum absolute atomic E-state index is 13.0. The van der Waals surface area contributed by atoms with Gasteiger partial charge in [0, 0.05) is 35.0 Å². The van der Waals surface area contributed by atoms with Crippen LogP contribution in [0.4, 0.5) is 5.82 Å². The van der Waals surface area contributed by atoms with Crippen LogP contribution in [0.1, 0.15) is 25.7 Å². The average Bonchev–Trinajstić information content (AvgIpc) is 3.33. The number of aromatic nitrogens is 2. The Hall–Kier alpha value is -1.92. The summed E-state index contributed by atoms with van der Waals surface area (Å²) in [4.78, 5) is 13.0. The molecule has 0 bridgehead atoms. The molecule has 0 saturated heterocycles. The Morgan fingerprint density at radius 2 is 1.86 bits per heavy atom. The quantitative estimate of drug-likeness (QED) is 0.155. The minimum atomic E-state index is -1.12. The fourth-order valence-electron chi connectivity index (χ4n) is 4.56. The van der Waals surface area contributed by atoms with Gasteiger partial charge in [0.1, 0.15) is 25.0 Å². The molecule has 0 aromatic carbocycles. The molecule has 10 nitrogen and oxygen atoms in total. The molecule has 1 fully saturated rings. The van der Waals surface area contributed by atoms with Gasteiger partial charge in [0.15, 0.2) is 5.60 Å². The van der Waals surface area contributed by atoms with E-state index in [1.54, 1.807) is 20.4 Å². The minimum absolute atomic E-state index is 0.111. The fourth-order valence-corrected chi connectivity index (χ4v) is 5.32. The van der Waals surface area contributed by atoms with Gasteiger partial charge in [-0.25, -0.2) is 9.48 Å². The first-order valence-corrected chi connectivity index (χ1v) is 16.6. The first-order chi connectivity index (χ1) is 17.3. The second kappa shape index (κ2) is 13.6. The van der Waals surface area contributed by atoms with E-state index in [0.717, 1.165) is 37.1 Å². The largest absolute Gasteiger partial charge is 0.461 e. The van der Waals surface area contributed by atoms with E-state index >= 15 is 0 Å². The smallest absolute Gasteiger partial charge is 0.338 e. The molecule has 1 aromatic rings. The van der Waals surface area contributed by atoms with E-state index in [4.69, 9.17) is 23.7 Å². The van der Waals surface area contributed by atoms with Gasteiger partial charge in [-0.1, -0.05) is 19.6 Å². The molecular formula is C25H44N4O6Si. The summed E-state index contributed by atoms with van der Waals surface area (Å²) in [6, 6.07) is 3.22. The van der Waals surface area contributed by atoms with Crippen molar-refractivity contribution in [2.24, 2.45) is 5.92 Å². The van der Waals surface area contributed by atoms with Gasteiger partial charge < -0.3 is 34.3 Å². The monoisotopic (exact) mass is 524 g/mol. The molecule has 36 heavy (non-hydrogen) atoms. The summed E-state index contributed by atoms with van der Waals surface area (Å²) < 4.78 is 29.5. The number of carbonyl (C=O) groups excluding carboxylic acids is 1. The number of methoxy groups -OCH3 is 2. The number of ether oxygens (including phenoxy) is 5. The van der Waals surface area contributed by atoms with Crippen LogP contribution in [0.3, 0.4) is 0 Å². The third-order valence-electron chi connectivity index (χ3n) is 6.78. The third kappa shape index (κ3) is 8.04. The van der Waals surface area contributed by atoms with E-state index < -0.39 is 13.7 Å². The van der Waals surface area contributed by atoms with Gasteiger partial charge in [-0.05, 0) is 43.7 Å². The van der Waals surface area contributed by atoms with Gasteiger partial charge in [-0.15, -0.1) is 0 Å². The molecule has 1 aliphatic heterocycles. The first-order valence-electron chi connectivity index (χ1n) is 12.9. The molecule has 0 spiro atoms. The molecule has 1 atom stereocenters. The number of fused-ring (bicyclic) bond motifs is 1.